The van der Waals surface area contributed by atoms with Gasteiger partial charge in [-0.25, -0.2) is 4.68 Å². The van der Waals surface area contributed by atoms with Crippen molar-refractivity contribution in [1.82, 2.24) is 15.1 Å². The molecular formula is C14H19ClN4O2. The molecule has 0 unspecified atom stereocenters. The first-order valence-corrected chi connectivity index (χ1v) is 6.43. The molecule has 0 bridgehead atoms. The first-order chi connectivity index (χ1) is 9.74. The highest BCUT2D eigenvalue weighted by molar-refractivity contribution is 5.92. The Morgan fingerprint density at radius 1 is 1.33 bits per heavy atom. The van der Waals surface area contributed by atoms with Gasteiger partial charge in [0.15, 0.2) is 5.69 Å². The van der Waals surface area contributed by atoms with Crippen LogP contribution in [0.3, 0.4) is 0 Å². The molecule has 0 atom stereocenters. The van der Waals surface area contributed by atoms with E-state index >= 15 is 0 Å². The Kier molecular flexibility index (Phi) is 6.71. The van der Waals surface area contributed by atoms with Crippen LogP contribution in [0.5, 0.6) is 5.75 Å². The summed E-state index contributed by atoms with van der Waals surface area (Å²) in [5, 5.41) is 7.02. The molecule has 2 aromatic rings. The molecule has 0 radical (unpaired) electrons. The lowest BCUT2D eigenvalue weighted by Crippen LogP contribution is -2.26. The third-order valence-electron chi connectivity index (χ3n) is 2.83. The highest BCUT2D eigenvalue weighted by atomic mass is 35.5. The molecule has 0 saturated carbocycles. The number of halogens is 1. The molecule has 6 nitrogen and oxygen atoms in total. The van der Waals surface area contributed by atoms with Gasteiger partial charge in [0.2, 0.25) is 0 Å². The van der Waals surface area contributed by atoms with Gasteiger partial charge < -0.3 is 15.8 Å². The van der Waals surface area contributed by atoms with E-state index in [0.29, 0.717) is 18.8 Å². The van der Waals surface area contributed by atoms with Crippen LogP contribution in [0.2, 0.25) is 0 Å². The van der Waals surface area contributed by atoms with Gasteiger partial charge in [0.1, 0.15) is 5.75 Å². The Morgan fingerprint density at radius 3 is 2.67 bits per heavy atom. The van der Waals surface area contributed by atoms with E-state index in [1.165, 1.54) is 0 Å². The number of nitrogens with zero attached hydrogens (tertiary/aromatic N) is 2. The fourth-order valence-electron chi connectivity index (χ4n) is 1.72. The number of ether oxygens (including phenoxy) is 1. The summed E-state index contributed by atoms with van der Waals surface area (Å²) in [5.74, 6) is 0.589. The molecule has 0 spiro atoms. The van der Waals surface area contributed by atoms with Crippen LogP contribution < -0.4 is 15.8 Å². The van der Waals surface area contributed by atoms with Gasteiger partial charge >= 0.3 is 0 Å². The van der Waals surface area contributed by atoms with Gasteiger partial charge in [-0.2, -0.15) is 5.10 Å². The summed E-state index contributed by atoms with van der Waals surface area (Å²) >= 11 is 0. The van der Waals surface area contributed by atoms with E-state index < -0.39 is 0 Å². The molecule has 114 valence electrons. The molecule has 0 aliphatic rings. The maximum Gasteiger partial charge on any atom is 0.271 e. The molecule has 0 aliphatic carbocycles. The fraction of sp³-hybridized carbons (Fsp3) is 0.286. The summed E-state index contributed by atoms with van der Waals surface area (Å²) in [6, 6.07) is 9.13. The molecule has 1 heterocycles. The molecule has 0 fully saturated rings. The normalized spacial score (nSPS) is 9.81. The molecule has 1 aromatic heterocycles. The van der Waals surface area contributed by atoms with Crippen molar-refractivity contribution in [3.8, 4) is 11.4 Å². The maximum absolute atomic E-state index is 11.8. The molecule has 0 saturated heterocycles. The van der Waals surface area contributed by atoms with Gasteiger partial charge in [-0.1, -0.05) is 0 Å². The Balaban J connectivity index is 0.00000220. The van der Waals surface area contributed by atoms with E-state index in [9.17, 15) is 4.79 Å². The van der Waals surface area contributed by atoms with Crippen LogP contribution in [0.1, 0.15) is 16.9 Å². The van der Waals surface area contributed by atoms with Gasteiger partial charge in [0.25, 0.3) is 5.91 Å². The number of methoxy groups -OCH3 is 1. The van der Waals surface area contributed by atoms with Crippen molar-refractivity contribution in [1.29, 1.82) is 0 Å². The van der Waals surface area contributed by atoms with Crippen LogP contribution in [0.25, 0.3) is 5.69 Å². The number of aromatic nitrogens is 2. The maximum atomic E-state index is 11.8. The topological polar surface area (TPSA) is 82.2 Å². The number of nitrogens with two attached hydrogens (primary N) is 1. The second kappa shape index (κ2) is 8.28. The largest absolute Gasteiger partial charge is 0.497 e. The number of carbonyl (C=O) groups is 1. The standard InChI is InChI=1S/C14H18N4O2.ClH/c1-20-12-5-3-11(4-6-12)18-10-7-13(17-18)14(19)16-9-2-8-15;/h3-7,10H,2,8-9,15H2,1H3,(H,16,19);1H. The number of carbonyl (C=O) groups excluding carboxylic acids is 1. The molecular weight excluding hydrogens is 292 g/mol. The molecule has 1 aromatic carbocycles. The predicted molar refractivity (Wildman–Crippen MR) is 83.4 cm³/mol. The van der Waals surface area contributed by atoms with Crippen LogP contribution in [-0.4, -0.2) is 35.9 Å². The molecule has 2 rings (SSSR count). The second-order valence-electron chi connectivity index (χ2n) is 4.24. The minimum atomic E-state index is -0.189. The van der Waals surface area contributed by atoms with Gasteiger partial charge in [-0.15, -0.1) is 12.4 Å². The van der Waals surface area contributed by atoms with Gasteiger partial charge in [-0.3, -0.25) is 4.79 Å². The Morgan fingerprint density at radius 2 is 2.05 bits per heavy atom. The van der Waals surface area contributed by atoms with Crippen LogP contribution in [-0.2, 0) is 0 Å². The van der Waals surface area contributed by atoms with Crippen molar-refractivity contribution < 1.29 is 9.53 Å². The SMILES string of the molecule is COc1ccc(-n2ccc(C(=O)NCCCN)n2)cc1.Cl. The summed E-state index contributed by atoms with van der Waals surface area (Å²) in [5.41, 5.74) is 6.63. The highest BCUT2D eigenvalue weighted by Gasteiger charge is 2.09. The van der Waals surface area contributed by atoms with Crippen LogP contribution in [0.4, 0.5) is 0 Å². The van der Waals surface area contributed by atoms with E-state index in [1.807, 2.05) is 24.3 Å². The second-order valence-corrected chi connectivity index (χ2v) is 4.24. The Bertz CT molecular complexity index is 569. The molecule has 1 amide bonds. The zero-order chi connectivity index (χ0) is 14.4. The average molecular weight is 311 g/mol. The van der Waals surface area contributed by atoms with E-state index in [0.717, 1.165) is 17.9 Å². The van der Waals surface area contributed by atoms with Crippen LogP contribution in [0, 0.1) is 0 Å². The van der Waals surface area contributed by atoms with Crippen LogP contribution >= 0.6 is 12.4 Å². The molecule has 3 N–H and O–H groups in total. The van der Waals surface area contributed by atoms with Gasteiger partial charge in [0, 0.05) is 12.7 Å². The first kappa shape index (κ1) is 17.0. The average Bonchev–Trinajstić information content (AvgIpc) is 2.97. The lowest BCUT2D eigenvalue weighted by Gasteiger charge is -2.03. The van der Waals surface area contributed by atoms with Crippen molar-refractivity contribution in [2.45, 2.75) is 6.42 Å². The third-order valence-corrected chi connectivity index (χ3v) is 2.83. The smallest absolute Gasteiger partial charge is 0.271 e. The van der Waals surface area contributed by atoms with Gasteiger partial charge in [-0.05, 0) is 43.3 Å². The summed E-state index contributed by atoms with van der Waals surface area (Å²) in [4.78, 5) is 11.8. The van der Waals surface area contributed by atoms with Crippen molar-refractivity contribution in [2.75, 3.05) is 20.2 Å². The predicted octanol–water partition coefficient (Wildman–Crippen LogP) is 1.38. The van der Waals surface area contributed by atoms with Crippen molar-refractivity contribution in [2.24, 2.45) is 5.73 Å². The monoisotopic (exact) mass is 310 g/mol. The number of rotatable bonds is 6. The van der Waals surface area contributed by atoms with E-state index in [2.05, 4.69) is 10.4 Å². The molecule has 7 heteroatoms. The minimum Gasteiger partial charge on any atom is -0.497 e. The zero-order valence-corrected chi connectivity index (χ0v) is 12.6. The summed E-state index contributed by atoms with van der Waals surface area (Å²) < 4.78 is 6.75. The fourth-order valence-corrected chi connectivity index (χ4v) is 1.72. The van der Waals surface area contributed by atoms with E-state index in [-0.39, 0.29) is 18.3 Å². The van der Waals surface area contributed by atoms with Crippen LogP contribution in [0.15, 0.2) is 36.5 Å². The van der Waals surface area contributed by atoms with Crippen molar-refractivity contribution in [3.05, 3.63) is 42.2 Å². The number of nitrogens with one attached hydrogen (secondary N) is 1. The number of hydrogen-bond donors (Lipinski definition) is 2. The van der Waals surface area contributed by atoms with E-state index in [1.54, 1.807) is 24.1 Å². The number of amides is 1. The minimum absolute atomic E-state index is 0. The van der Waals surface area contributed by atoms with Crippen molar-refractivity contribution >= 4 is 18.3 Å². The zero-order valence-electron chi connectivity index (χ0n) is 11.8. The third kappa shape index (κ3) is 4.47. The first-order valence-electron chi connectivity index (χ1n) is 6.43. The summed E-state index contributed by atoms with van der Waals surface area (Å²) in [6.45, 7) is 1.12. The number of benzene rings is 1. The van der Waals surface area contributed by atoms with Crippen molar-refractivity contribution in [3.63, 3.8) is 0 Å². The van der Waals surface area contributed by atoms with E-state index in [4.69, 9.17) is 10.5 Å². The van der Waals surface area contributed by atoms with Gasteiger partial charge in [0.05, 0.1) is 12.8 Å². The quantitative estimate of drug-likeness (QED) is 0.790. The lowest BCUT2D eigenvalue weighted by atomic mass is 10.3. The number of hydrogen-bond acceptors (Lipinski definition) is 4. The lowest BCUT2D eigenvalue weighted by molar-refractivity contribution is 0.0948. The summed E-state index contributed by atoms with van der Waals surface area (Å²) in [6.07, 6.45) is 2.50. The summed E-state index contributed by atoms with van der Waals surface area (Å²) in [7, 11) is 1.62. The highest BCUT2D eigenvalue weighted by Crippen LogP contribution is 2.14. The molecule has 0 aliphatic heterocycles. The Labute approximate surface area is 129 Å². The Hall–Kier alpha value is -2.05. The molecule has 21 heavy (non-hydrogen) atoms.